The van der Waals surface area contributed by atoms with E-state index in [1.807, 2.05) is 12.4 Å². The lowest BCUT2D eigenvalue weighted by Crippen LogP contribution is -2.35. The van der Waals surface area contributed by atoms with Crippen LogP contribution in [0.5, 0.6) is 0 Å². The molecule has 1 fully saturated rings. The van der Waals surface area contributed by atoms with Crippen LogP contribution in [0.1, 0.15) is 45.0 Å². The average Bonchev–Trinajstić information content (AvgIpc) is 2.78. The van der Waals surface area contributed by atoms with Gasteiger partial charge in [0.2, 0.25) is 0 Å². The Labute approximate surface area is 90.8 Å². The molecule has 0 spiro atoms. The highest BCUT2D eigenvalue weighted by atomic mass is 15.3. The van der Waals surface area contributed by atoms with Crippen molar-refractivity contribution in [2.45, 2.75) is 45.7 Å². The normalized spacial score (nSPS) is 20.2. The molecule has 1 aliphatic rings. The van der Waals surface area contributed by atoms with Gasteiger partial charge in [-0.05, 0) is 24.7 Å². The van der Waals surface area contributed by atoms with Crippen molar-refractivity contribution < 1.29 is 0 Å². The monoisotopic (exact) mass is 208 g/mol. The van der Waals surface area contributed by atoms with E-state index in [-0.39, 0.29) is 6.04 Å². The molecule has 0 aliphatic heterocycles. The zero-order valence-corrected chi connectivity index (χ0v) is 9.53. The first-order valence-electron chi connectivity index (χ1n) is 5.68. The number of nitrogens with zero attached hydrogens (tertiary/aromatic N) is 2. The fourth-order valence-electron chi connectivity index (χ4n) is 2.08. The second kappa shape index (κ2) is 3.94. The van der Waals surface area contributed by atoms with Gasteiger partial charge in [-0.1, -0.05) is 13.8 Å². The highest BCUT2D eigenvalue weighted by molar-refractivity contribution is 5.10. The van der Waals surface area contributed by atoms with E-state index in [9.17, 15) is 0 Å². The number of nitrogens with one attached hydrogen (secondary N) is 1. The van der Waals surface area contributed by atoms with E-state index < -0.39 is 0 Å². The van der Waals surface area contributed by atoms with Crippen molar-refractivity contribution in [1.29, 1.82) is 0 Å². The van der Waals surface area contributed by atoms with Crippen LogP contribution < -0.4 is 11.3 Å². The SMILES string of the molecule is CCCn1ccnc1C(NN)C1(C)CC1. The van der Waals surface area contributed by atoms with E-state index in [2.05, 4.69) is 28.8 Å². The first kappa shape index (κ1) is 10.6. The van der Waals surface area contributed by atoms with Crippen LogP contribution >= 0.6 is 0 Å². The summed E-state index contributed by atoms with van der Waals surface area (Å²) in [6.07, 6.45) is 7.50. The number of hydrogen-bond donors (Lipinski definition) is 2. The van der Waals surface area contributed by atoms with Gasteiger partial charge < -0.3 is 4.57 Å². The van der Waals surface area contributed by atoms with Crippen LogP contribution in [0.25, 0.3) is 0 Å². The molecular weight excluding hydrogens is 188 g/mol. The van der Waals surface area contributed by atoms with Gasteiger partial charge in [-0.25, -0.2) is 10.4 Å². The highest BCUT2D eigenvalue weighted by Gasteiger charge is 2.46. The maximum Gasteiger partial charge on any atom is 0.127 e. The zero-order chi connectivity index (χ0) is 10.9. The molecule has 0 aromatic carbocycles. The van der Waals surface area contributed by atoms with Gasteiger partial charge in [0.25, 0.3) is 0 Å². The van der Waals surface area contributed by atoms with Gasteiger partial charge in [-0.15, -0.1) is 0 Å². The third-order valence-corrected chi connectivity index (χ3v) is 3.37. The number of aromatic nitrogens is 2. The molecule has 3 N–H and O–H groups in total. The molecule has 0 saturated heterocycles. The predicted molar refractivity (Wildman–Crippen MR) is 59.9 cm³/mol. The van der Waals surface area contributed by atoms with E-state index in [1.54, 1.807) is 0 Å². The zero-order valence-electron chi connectivity index (χ0n) is 9.53. The van der Waals surface area contributed by atoms with Crippen molar-refractivity contribution in [3.05, 3.63) is 18.2 Å². The van der Waals surface area contributed by atoms with E-state index in [4.69, 9.17) is 5.84 Å². The molecule has 2 rings (SSSR count). The largest absolute Gasteiger partial charge is 0.334 e. The molecule has 15 heavy (non-hydrogen) atoms. The Morgan fingerprint density at radius 2 is 2.40 bits per heavy atom. The number of nitrogens with two attached hydrogens (primary N) is 1. The molecule has 1 saturated carbocycles. The van der Waals surface area contributed by atoms with Crippen molar-refractivity contribution >= 4 is 0 Å². The van der Waals surface area contributed by atoms with Gasteiger partial charge in [0, 0.05) is 18.9 Å². The Morgan fingerprint density at radius 3 is 2.93 bits per heavy atom. The topological polar surface area (TPSA) is 55.9 Å². The summed E-state index contributed by atoms with van der Waals surface area (Å²) in [5.41, 5.74) is 3.23. The molecular formula is C11H20N4. The van der Waals surface area contributed by atoms with Gasteiger partial charge in [-0.2, -0.15) is 0 Å². The van der Waals surface area contributed by atoms with Crippen LogP contribution in [0, 0.1) is 5.41 Å². The summed E-state index contributed by atoms with van der Waals surface area (Å²) in [6.45, 7) is 5.46. The standard InChI is InChI=1S/C11H20N4/c1-3-7-15-8-6-13-10(15)9(14-12)11(2)4-5-11/h6,8-9,14H,3-5,7,12H2,1-2H3. The van der Waals surface area contributed by atoms with E-state index in [1.165, 1.54) is 12.8 Å². The van der Waals surface area contributed by atoms with Gasteiger partial charge in [0.15, 0.2) is 0 Å². The smallest absolute Gasteiger partial charge is 0.127 e. The van der Waals surface area contributed by atoms with E-state index in [0.29, 0.717) is 5.41 Å². The average molecular weight is 208 g/mol. The Hall–Kier alpha value is -0.870. The van der Waals surface area contributed by atoms with Crippen LogP contribution in [0.2, 0.25) is 0 Å². The number of imidazole rings is 1. The highest BCUT2D eigenvalue weighted by Crippen LogP contribution is 2.53. The maximum atomic E-state index is 5.65. The van der Waals surface area contributed by atoms with Gasteiger partial charge in [-0.3, -0.25) is 5.84 Å². The summed E-state index contributed by atoms with van der Waals surface area (Å²) in [7, 11) is 0. The van der Waals surface area contributed by atoms with E-state index in [0.717, 1.165) is 18.8 Å². The van der Waals surface area contributed by atoms with Gasteiger partial charge in [0.1, 0.15) is 5.82 Å². The Bertz CT molecular complexity index is 327. The Morgan fingerprint density at radius 1 is 1.67 bits per heavy atom. The third kappa shape index (κ3) is 1.92. The molecule has 0 bridgehead atoms. The van der Waals surface area contributed by atoms with Crippen LogP contribution in [-0.2, 0) is 6.54 Å². The third-order valence-electron chi connectivity index (χ3n) is 3.37. The summed E-state index contributed by atoms with van der Waals surface area (Å²) in [6, 6.07) is 0.194. The van der Waals surface area contributed by atoms with Crippen LogP contribution in [0.3, 0.4) is 0 Å². The molecule has 1 aromatic rings. The van der Waals surface area contributed by atoms with Crippen molar-refractivity contribution in [2.75, 3.05) is 0 Å². The number of hydrazine groups is 1. The molecule has 1 unspecified atom stereocenters. The Balaban J connectivity index is 2.22. The van der Waals surface area contributed by atoms with Crippen molar-refractivity contribution in [3.63, 3.8) is 0 Å². The quantitative estimate of drug-likeness (QED) is 0.571. The number of aryl methyl sites for hydroxylation is 1. The van der Waals surface area contributed by atoms with Crippen molar-refractivity contribution in [1.82, 2.24) is 15.0 Å². The molecule has 84 valence electrons. The lowest BCUT2D eigenvalue weighted by atomic mass is 9.99. The molecule has 0 amide bonds. The summed E-state index contributed by atoms with van der Waals surface area (Å²) in [4.78, 5) is 4.43. The van der Waals surface area contributed by atoms with Crippen LogP contribution in [-0.4, -0.2) is 9.55 Å². The second-order valence-corrected chi connectivity index (χ2v) is 4.73. The lowest BCUT2D eigenvalue weighted by molar-refractivity contribution is 0.344. The second-order valence-electron chi connectivity index (χ2n) is 4.73. The van der Waals surface area contributed by atoms with Gasteiger partial charge >= 0.3 is 0 Å². The van der Waals surface area contributed by atoms with Crippen molar-refractivity contribution in [3.8, 4) is 0 Å². The summed E-state index contributed by atoms with van der Waals surface area (Å²) < 4.78 is 2.20. The molecule has 4 heteroatoms. The molecule has 4 nitrogen and oxygen atoms in total. The van der Waals surface area contributed by atoms with Crippen LogP contribution in [0.4, 0.5) is 0 Å². The minimum atomic E-state index is 0.194. The summed E-state index contributed by atoms with van der Waals surface area (Å²) in [5, 5.41) is 0. The van der Waals surface area contributed by atoms with E-state index >= 15 is 0 Å². The molecule has 1 heterocycles. The lowest BCUT2D eigenvalue weighted by Gasteiger charge is -2.23. The van der Waals surface area contributed by atoms with Crippen molar-refractivity contribution in [2.24, 2.45) is 11.3 Å². The van der Waals surface area contributed by atoms with Crippen LogP contribution in [0.15, 0.2) is 12.4 Å². The van der Waals surface area contributed by atoms with Gasteiger partial charge in [0.05, 0.1) is 6.04 Å². The first-order chi connectivity index (χ1) is 7.21. The molecule has 0 radical (unpaired) electrons. The molecule has 1 atom stereocenters. The number of hydrogen-bond acceptors (Lipinski definition) is 3. The maximum absolute atomic E-state index is 5.65. The molecule has 1 aliphatic carbocycles. The fraction of sp³-hybridized carbons (Fsp3) is 0.727. The molecule has 1 aromatic heterocycles. The number of rotatable bonds is 5. The summed E-state index contributed by atoms with van der Waals surface area (Å²) in [5.74, 6) is 6.73. The Kier molecular flexibility index (Phi) is 2.80. The minimum absolute atomic E-state index is 0.194. The summed E-state index contributed by atoms with van der Waals surface area (Å²) >= 11 is 0. The first-order valence-corrected chi connectivity index (χ1v) is 5.68. The fourth-order valence-corrected chi connectivity index (χ4v) is 2.08. The minimum Gasteiger partial charge on any atom is -0.334 e. The predicted octanol–water partition coefficient (Wildman–Crippen LogP) is 1.60.